The maximum atomic E-state index is 13.1. The van der Waals surface area contributed by atoms with Crippen LogP contribution in [0.5, 0.6) is 0 Å². The van der Waals surface area contributed by atoms with E-state index in [9.17, 15) is 14.0 Å². The van der Waals surface area contributed by atoms with Gasteiger partial charge in [0.25, 0.3) is 5.91 Å². The minimum absolute atomic E-state index is 0.0558. The molecule has 0 aliphatic rings. The number of nitrogens with one attached hydrogen (secondary N) is 3. The summed E-state index contributed by atoms with van der Waals surface area (Å²) in [5.41, 5.74) is 1.17. The zero-order valence-corrected chi connectivity index (χ0v) is 15.0. The van der Waals surface area contributed by atoms with Crippen LogP contribution in [0.15, 0.2) is 54.6 Å². The van der Waals surface area contributed by atoms with Crippen molar-refractivity contribution in [2.45, 2.75) is 19.9 Å². The minimum Gasteiger partial charge on any atom is -0.380 e. The summed E-state index contributed by atoms with van der Waals surface area (Å²) >= 11 is 0. The molecular formula is C20H24FN3O2. The van der Waals surface area contributed by atoms with E-state index >= 15 is 0 Å². The number of hydrogen-bond acceptors (Lipinski definition) is 3. The topological polar surface area (TPSA) is 70.2 Å². The monoisotopic (exact) mass is 357 g/mol. The van der Waals surface area contributed by atoms with E-state index in [1.54, 1.807) is 0 Å². The van der Waals surface area contributed by atoms with E-state index in [-0.39, 0.29) is 24.1 Å². The van der Waals surface area contributed by atoms with Crippen LogP contribution in [0.4, 0.5) is 10.1 Å². The smallest absolute Gasteiger partial charge is 0.251 e. The maximum absolute atomic E-state index is 13.1. The van der Waals surface area contributed by atoms with Crippen LogP contribution >= 0.6 is 0 Å². The highest BCUT2D eigenvalue weighted by molar-refractivity contribution is 5.96. The van der Waals surface area contributed by atoms with E-state index in [2.05, 4.69) is 29.8 Å². The Kier molecular flexibility index (Phi) is 7.14. The molecule has 0 aliphatic carbocycles. The molecule has 2 aromatic carbocycles. The number of hydrogen-bond donors (Lipinski definition) is 3. The Bertz CT molecular complexity index is 735. The zero-order chi connectivity index (χ0) is 18.9. The maximum Gasteiger partial charge on any atom is 0.251 e. The lowest BCUT2D eigenvalue weighted by Crippen LogP contribution is -2.43. The van der Waals surface area contributed by atoms with Crippen molar-refractivity contribution in [2.24, 2.45) is 5.92 Å². The Morgan fingerprint density at radius 2 is 1.73 bits per heavy atom. The first-order valence-electron chi connectivity index (χ1n) is 8.57. The summed E-state index contributed by atoms with van der Waals surface area (Å²) in [7, 11) is 0. The first kappa shape index (κ1) is 19.4. The van der Waals surface area contributed by atoms with Crippen molar-refractivity contribution in [3.8, 4) is 0 Å². The summed E-state index contributed by atoms with van der Waals surface area (Å²) in [5, 5.41) is 8.69. The van der Waals surface area contributed by atoms with Crippen LogP contribution in [0.1, 0.15) is 24.2 Å². The minimum atomic E-state index is -0.492. The number of benzene rings is 2. The molecule has 1 atom stereocenters. The quantitative estimate of drug-likeness (QED) is 0.680. The Hall–Kier alpha value is -2.89. The van der Waals surface area contributed by atoms with Gasteiger partial charge in [0.15, 0.2) is 0 Å². The van der Waals surface area contributed by atoms with Crippen LogP contribution in [0.25, 0.3) is 0 Å². The van der Waals surface area contributed by atoms with E-state index in [1.165, 1.54) is 18.2 Å². The van der Waals surface area contributed by atoms with Gasteiger partial charge in [0.1, 0.15) is 5.82 Å². The summed E-state index contributed by atoms with van der Waals surface area (Å²) < 4.78 is 13.1. The van der Waals surface area contributed by atoms with Crippen molar-refractivity contribution in [2.75, 3.05) is 18.4 Å². The molecule has 1 unspecified atom stereocenters. The van der Waals surface area contributed by atoms with Gasteiger partial charge in [-0.3, -0.25) is 9.59 Å². The third-order valence-corrected chi connectivity index (χ3v) is 3.95. The molecule has 0 bridgehead atoms. The predicted octanol–water partition coefficient (Wildman–Crippen LogP) is 2.81. The molecule has 0 radical (unpaired) electrons. The number of anilines is 1. The number of carbonyl (C=O) groups excluding carboxylic acids is 2. The number of para-hydroxylation sites is 1. The number of rotatable bonds is 8. The summed E-state index contributed by atoms with van der Waals surface area (Å²) in [4.78, 5) is 23.9. The van der Waals surface area contributed by atoms with Gasteiger partial charge < -0.3 is 16.0 Å². The van der Waals surface area contributed by atoms with E-state index < -0.39 is 11.7 Å². The van der Waals surface area contributed by atoms with Crippen LogP contribution in [0.3, 0.4) is 0 Å². The lowest BCUT2D eigenvalue weighted by atomic mass is 10.0. The van der Waals surface area contributed by atoms with Crippen LogP contribution < -0.4 is 16.0 Å². The number of halogens is 1. The molecule has 26 heavy (non-hydrogen) atoms. The van der Waals surface area contributed by atoms with Crippen molar-refractivity contribution in [1.82, 2.24) is 10.6 Å². The summed E-state index contributed by atoms with van der Waals surface area (Å²) in [6.45, 7) is 4.41. The fourth-order valence-corrected chi connectivity index (χ4v) is 2.38. The summed E-state index contributed by atoms with van der Waals surface area (Å²) in [6, 6.07) is 15.2. The van der Waals surface area contributed by atoms with Crippen molar-refractivity contribution < 1.29 is 14.0 Å². The summed E-state index contributed by atoms with van der Waals surface area (Å²) in [6.07, 6.45) is 0. The lowest BCUT2D eigenvalue weighted by molar-refractivity contribution is -0.120. The largest absolute Gasteiger partial charge is 0.380 e. The van der Waals surface area contributed by atoms with Gasteiger partial charge >= 0.3 is 0 Å². The molecule has 138 valence electrons. The van der Waals surface area contributed by atoms with Crippen LogP contribution in [-0.2, 0) is 4.79 Å². The molecule has 2 aromatic rings. The Balaban J connectivity index is 1.80. The van der Waals surface area contributed by atoms with Crippen LogP contribution in [0.2, 0.25) is 0 Å². The molecule has 0 spiro atoms. The van der Waals surface area contributed by atoms with Crippen molar-refractivity contribution >= 4 is 17.5 Å². The van der Waals surface area contributed by atoms with E-state index in [4.69, 9.17) is 0 Å². The van der Waals surface area contributed by atoms with Crippen LogP contribution in [0, 0.1) is 11.7 Å². The van der Waals surface area contributed by atoms with Gasteiger partial charge in [0.05, 0.1) is 6.54 Å². The Labute approximate surface area is 153 Å². The van der Waals surface area contributed by atoms with E-state index in [0.29, 0.717) is 12.5 Å². The fraction of sp³-hybridized carbons (Fsp3) is 0.300. The number of carbonyl (C=O) groups is 2. The van der Waals surface area contributed by atoms with Crippen molar-refractivity contribution in [3.05, 3.63) is 66.0 Å². The molecule has 0 aliphatic heterocycles. The molecule has 0 fully saturated rings. The third-order valence-electron chi connectivity index (χ3n) is 3.95. The Morgan fingerprint density at radius 3 is 2.38 bits per heavy atom. The average molecular weight is 357 g/mol. The van der Waals surface area contributed by atoms with Gasteiger partial charge in [0.2, 0.25) is 5.91 Å². The van der Waals surface area contributed by atoms with Gasteiger partial charge in [-0.15, -0.1) is 0 Å². The zero-order valence-electron chi connectivity index (χ0n) is 15.0. The van der Waals surface area contributed by atoms with E-state index in [1.807, 2.05) is 30.3 Å². The van der Waals surface area contributed by atoms with Gasteiger partial charge in [-0.05, 0) is 36.2 Å². The second kappa shape index (κ2) is 9.56. The molecule has 5 nitrogen and oxygen atoms in total. The van der Waals surface area contributed by atoms with Gasteiger partial charge in [0, 0.05) is 23.8 Å². The van der Waals surface area contributed by atoms with Crippen LogP contribution in [-0.4, -0.2) is 30.9 Å². The molecule has 2 rings (SSSR count). The molecule has 0 saturated heterocycles. The molecule has 0 saturated carbocycles. The molecule has 3 N–H and O–H groups in total. The van der Waals surface area contributed by atoms with Gasteiger partial charge in [-0.1, -0.05) is 38.1 Å². The van der Waals surface area contributed by atoms with Gasteiger partial charge in [-0.2, -0.15) is 0 Å². The SMILES string of the molecule is CC(C)C(CNC(=O)CNC(=O)c1cccc(F)c1)Nc1ccccc1. The highest BCUT2D eigenvalue weighted by Crippen LogP contribution is 2.11. The van der Waals surface area contributed by atoms with E-state index in [0.717, 1.165) is 11.8 Å². The average Bonchev–Trinajstić information content (AvgIpc) is 2.63. The number of amides is 2. The second-order valence-corrected chi connectivity index (χ2v) is 6.36. The lowest BCUT2D eigenvalue weighted by Gasteiger charge is -2.24. The fourth-order valence-electron chi connectivity index (χ4n) is 2.38. The normalized spacial score (nSPS) is 11.7. The van der Waals surface area contributed by atoms with Crippen molar-refractivity contribution in [3.63, 3.8) is 0 Å². The van der Waals surface area contributed by atoms with Gasteiger partial charge in [-0.25, -0.2) is 4.39 Å². The highest BCUT2D eigenvalue weighted by atomic mass is 19.1. The standard InChI is InChI=1S/C20H24FN3O2/c1-14(2)18(24-17-9-4-3-5-10-17)12-22-19(25)13-23-20(26)15-7-6-8-16(21)11-15/h3-11,14,18,24H,12-13H2,1-2H3,(H,22,25)(H,23,26). The molecular weight excluding hydrogens is 333 g/mol. The molecule has 6 heteroatoms. The molecule has 2 amide bonds. The first-order chi connectivity index (χ1) is 12.5. The molecule has 0 heterocycles. The van der Waals surface area contributed by atoms with Crippen molar-refractivity contribution in [1.29, 1.82) is 0 Å². The predicted molar refractivity (Wildman–Crippen MR) is 100 cm³/mol. The second-order valence-electron chi connectivity index (χ2n) is 6.36. The first-order valence-corrected chi connectivity index (χ1v) is 8.57. The summed E-state index contributed by atoms with van der Waals surface area (Å²) in [5.74, 6) is -0.969. The Morgan fingerprint density at radius 1 is 1.00 bits per heavy atom. The highest BCUT2D eigenvalue weighted by Gasteiger charge is 2.15. The molecule has 0 aromatic heterocycles. The third kappa shape index (κ3) is 6.20.